The van der Waals surface area contributed by atoms with Crippen molar-refractivity contribution in [1.29, 1.82) is 0 Å². The molecule has 2 aromatic heterocycles. The van der Waals surface area contributed by atoms with Crippen LogP contribution < -0.4 is 15.8 Å². The van der Waals surface area contributed by atoms with Gasteiger partial charge in [0.15, 0.2) is 5.76 Å². The Morgan fingerprint density at radius 2 is 2.17 bits per heavy atom. The number of anilines is 1. The SMILES string of the molecule is COc1cccc2c(NCc3ccc(C(N)=O)o3)cc(C)nc12. The first-order chi connectivity index (χ1) is 11.1. The van der Waals surface area contributed by atoms with Crippen molar-refractivity contribution in [3.05, 3.63) is 53.6 Å². The maximum Gasteiger partial charge on any atom is 0.284 e. The Kier molecular flexibility index (Phi) is 3.89. The van der Waals surface area contributed by atoms with E-state index in [0.29, 0.717) is 12.3 Å². The molecule has 1 aromatic carbocycles. The molecule has 118 valence electrons. The van der Waals surface area contributed by atoms with Crippen LogP contribution >= 0.6 is 0 Å². The van der Waals surface area contributed by atoms with Crippen LogP contribution in [0.25, 0.3) is 10.9 Å². The van der Waals surface area contributed by atoms with Crippen LogP contribution in [0.2, 0.25) is 0 Å². The molecule has 0 spiro atoms. The third-order valence-electron chi connectivity index (χ3n) is 3.51. The van der Waals surface area contributed by atoms with Gasteiger partial charge in [0, 0.05) is 16.8 Å². The number of methoxy groups -OCH3 is 1. The van der Waals surface area contributed by atoms with E-state index in [-0.39, 0.29) is 5.76 Å². The van der Waals surface area contributed by atoms with Crippen LogP contribution in [0, 0.1) is 6.92 Å². The van der Waals surface area contributed by atoms with E-state index in [4.69, 9.17) is 14.9 Å². The molecule has 0 bridgehead atoms. The third kappa shape index (κ3) is 2.96. The summed E-state index contributed by atoms with van der Waals surface area (Å²) >= 11 is 0. The Morgan fingerprint density at radius 1 is 1.35 bits per heavy atom. The minimum absolute atomic E-state index is 0.152. The van der Waals surface area contributed by atoms with Crippen LogP contribution in [0.1, 0.15) is 22.0 Å². The van der Waals surface area contributed by atoms with Crippen LogP contribution in [-0.4, -0.2) is 18.0 Å². The summed E-state index contributed by atoms with van der Waals surface area (Å²) in [6.45, 7) is 2.36. The molecule has 0 unspecified atom stereocenters. The van der Waals surface area contributed by atoms with E-state index in [0.717, 1.165) is 28.0 Å². The maximum absolute atomic E-state index is 11.1. The van der Waals surface area contributed by atoms with Crippen molar-refractivity contribution in [2.45, 2.75) is 13.5 Å². The van der Waals surface area contributed by atoms with Crippen molar-refractivity contribution in [2.24, 2.45) is 5.73 Å². The molecule has 1 amide bonds. The molecule has 3 rings (SSSR count). The second-order valence-corrected chi connectivity index (χ2v) is 5.15. The molecule has 6 heteroatoms. The highest BCUT2D eigenvalue weighted by Crippen LogP contribution is 2.30. The number of furan rings is 1. The van der Waals surface area contributed by atoms with E-state index in [1.54, 1.807) is 19.2 Å². The second kappa shape index (κ2) is 6.00. The van der Waals surface area contributed by atoms with Gasteiger partial charge in [0.2, 0.25) is 0 Å². The Bertz CT molecular complexity index is 871. The number of ether oxygens (including phenoxy) is 1. The minimum Gasteiger partial charge on any atom is -0.494 e. The Balaban J connectivity index is 1.91. The number of fused-ring (bicyclic) bond motifs is 1. The zero-order valence-corrected chi connectivity index (χ0v) is 12.9. The van der Waals surface area contributed by atoms with Crippen molar-refractivity contribution < 1.29 is 13.9 Å². The van der Waals surface area contributed by atoms with E-state index in [2.05, 4.69) is 10.3 Å². The molecule has 3 N–H and O–H groups in total. The van der Waals surface area contributed by atoms with Gasteiger partial charge in [0.1, 0.15) is 17.0 Å². The van der Waals surface area contributed by atoms with Gasteiger partial charge in [-0.1, -0.05) is 12.1 Å². The lowest BCUT2D eigenvalue weighted by Crippen LogP contribution is -2.09. The van der Waals surface area contributed by atoms with Crippen molar-refractivity contribution in [2.75, 3.05) is 12.4 Å². The number of nitrogens with one attached hydrogen (secondary N) is 1. The number of hydrogen-bond acceptors (Lipinski definition) is 5. The number of aromatic nitrogens is 1. The van der Waals surface area contributed by atoms with Crippen molar-refractivity contribution in [3.8, 4) is 5.75 Å². The molecule has 3 aromatic rings. The smallest absolute Gasteiger partial charge is 0.284 e. The van der Waals surface area contributed by atoms with Gasteiger partial charge in [-0.3, -0.25) is 4.79 Å². The minimum atomic E-state index is -0.578. The average molecular weight is 311 g/mol. The molecule has 0 atom stereocenters. The Labute approximate surface area is 133 Å². The van der Waals surface area contributed by atoms with E-state index in [9.17, 15) is 4.79 Å². The number of benzene rings is 1. The van der Waals surface area contributed by atoms with Gasteiger partial charge in [-0.05, 0) is 31.2 Å². The number of aryl methyl sites for hydroxylation is 1. The largest absolute Gasteiger partial charge is 0.494 e. The summed E-state index contributed by atoms with van der Waals surface area (Å²) in [5, 5.41) is 4.26. The molecule has 0 aliphatic heterocycles. The fourth-order valence-corrected chi connectivity index (χ4v) is 2.45. The summed E-state index contributed by atoms with van der Waals surface area (Å²) in [6, 6.07) is 11.0. The predicted octanol–water partition coefficient (Wildman–Crippen LogP) is 2.86. The maximum atomic E-state index is 11.1. The number of nitrogens with zero attached hydrogens (tertiary/aromatic N) is 1. The van der Waals surface area contributed by atoms with Crippen molar-refractivity contribution in [3.63, 3.8) is 0 Å². The fourth-order valence-electron chi connectivity index (χ4n) is 2.45. The summed E-state index contributed by atoms with van der Waals surface area (Å²) in [5.41, 5.74) is 7.78. The summed E-state index contributed by atoms with van der Waals surface area (Å²) in [4.78, 5) is 15.6. The summed E-state index contributed by atoms with van der Waals surface area (Å²) in [7, 11) is 1.63. The lowest BCUT2D eigenvalue weighted by Gasteiger charge is -2.12. The molecule has 0 aliphatic rings. The third-order valence-corrected chi connectivity index (χ3v) is 3.51. The zero-order valence-electron chi connectivity index (χ0n) is 12.9. The molecule has 0 fully saturated rings. The van der Waals surface area contributed by atoms with Gasteiger partial charge in [0.05, 0.1) is 13.7 Å². The topological polar surface area (TPSA) is 90.4 Å². The average Bonchev–Trinajstić information content (AvgIpc) is 3.01. The molecule has 0 radical (unpaired) electrons. The van der Waals surface area contributed by atoms with Gasteiger partial charge in [0.25, 0.3) is 5.91 Å². The van der Waals surface area contributed by atoms with Crippen LogP contribution in [0.4, 0.5) is 5.69 Å². The van der Waals surface area contributed by atoms with Gasteiger partial charge in [-0.2, -0.15) is 0 Å². The first kappa shape index (κ1) is 14.9. The molecular weight excluding hydrogens is 294 g/mol. The number of para-hydroxylation sites is 1. The highest BCUT2D eigenvalue weighted by Gasteiger charge is 2.10. The number of nitrogens with two attached hydrogens (primary N) is 1. The quantitative estimate of drug-likeness (QED) is 0.756. The normalized spacial score (nSPS) is 10.7. The molecular formula is C17H17N3O3. The van der Waals surface area contributed by atoms with E-state index < -0.39 is 5.91 Å². The van der Waals surface area contributed by atoms with Crippen molar-refractivity contribution in [1.82, 2.24) is 4.98 Å². The number of amides is 1. The number of carbonyl (C=O) groups excluding carboxylic acids is 1. The first-order valence-electron chi connectivity index (χ1n) is 7.15. The van der Waals surface area contributed by atoms with Gasteiger partial charge in [-0.25, -0.2) is 4.98 Å². The number of rotatable bonds is 5. The number of primary amides is 1. The molecule has 0 aliphatic carbocycles. The fraction of sp³-hybridized carbons (Fsp3) is 0.176. The predicted molar refractivity (Wildman–Crippen MR) is 87.6 cm³/mol. The van der Waals surface area contributed by atoms with Crippen LogP contribution in [0.5, 0.6) is 5.75 Å². The van der Waals surface area contributed by atoms with E-state index >= 15 is 0 Å². The lowest BCUT2D eigenvalue weighted by molar-refractivity contribution is 0.0972. The molecule has 6 nitrogen and oxygen atoms in total. The summed E-state index contributed by atoms with van der Waals surface area (Å²) in [6.07, 6.45) is 0. The van der Waals surface area contributed by atoms with Crippen molar-refractivity contribution >= 4 is 22.5 Å². The summed E-state index contributed by atoms with van der Waals surface area (Å²) < 4.78 is 10.7. The number of carbonyl (C=O) groups is 1. The molecule has 2 heterocycles. The standard InChI is InChI=1S/C17H17N3O3/c1-10-8-13(12-4-3-5-14(22-2)16(12)20-10)19-9-11-6-7-15(23-11)17(18)21/h3-8H,9H2,1-2H3,(H2,18,21)(H,19,20). The van der Waals surface area contributed by atoms with Crippen LogP contribution in [0.15, 0.2) is 40.8 Å². The molecule has 0 saturated heterocycles. The lowest BCUT2D eigenvalue weighted by atomic mass is 10.1. The van der Waals surface area contributed by atoms with E-state index in [1.807, 2.05) is 31.2 Å². The number of hydrogen-bond donors (Lipinski definition) is 2. The molecule has 23 heavy (non-hydrogen) atoms. The first-order valence-corrected chi connectivity index (χ1v) is 7.15. The van der Waals surface area contributed by atoms with E-state index in [1.165, 1.54) is 0 Å². The molecule has 0 saturated carbocycles. The van der Waals surface area contributed by atoms with Gasteiger partial charge in [-0.15, -0.1) is 0 Å². The monoisotopic (exact) mass is 311 g/mol. The number of pyridine rings is 1. The summed E-state index contributed by atoms with van der Waals surface area (Å²) in [5.74, 6) is 0.929. The van der Waals surface area contributed by atoms with Crippen LogP contribution in [0.3, 0.4) is 0 Å². The highest BCUT2D eigenvalue weighted by atomic mass is 16.5. The Morgan fingerprint density at radius 3 is 2.87 bits per heavy atom. The second-order valence-electron chi connectivity index (χ2n) is 5.15. The van der Waals surface area contributed by atoms with Gasteiger partial charge >= 0.3 is 0 Å². The zero-order chi connectivity index (χ0) is 16.4. The van der Waals surface area contributed by atoms with Gasteiger partial charge < -0.3 is 20.2 Å². The Hall–Kier alpha value is -3.02. The highest BCUT2D eigenvalue weighted by molar-refractivity contribution is 5.95. The van der Waals surface area contributed by atoms with Crippen LogP contribution in [-0.2, 0) is 6.54 Å².